The van der Waals surface area contributed by atoms with E-state index in [9.17, 15) is 0 Å². The smallest absolute Gasteiger partial charge is 0.0931 e. The van der Waals surface area contributed by atoms with Gasteiger partial charge in [0, 0.05) is 17.3 Å². The van der Waals surface area contributed by atoms with E-state index in [2.05, 4.69) is 11.4 Å². The Balaban J connectivity index is 0.000000845. The van der Waals surface area contributed by atoms with Gasteiger partial charge in [0.15, 0.2) is 0 Å². The molecule has 0 bridgehead atoms. The van der Waals surface area contributed by atoms with Gasteiger partial charge in [-0.05, 0) is 31.5 Å². The predicted molar refractivity (Wildman–Crippen MR) is 61.4 cm³/mol. The van der Waals surface area contributed by atoms with Crippen LogP contribution in [0.5, 0.6) is 0 Å². The molecule has 0 aliphatic carbocycles. The molecule has 1 aliphatic heterocycles. The van der Waals surface area contributed by atoms with Crippen molar-refractivity contribution in [3.8, 4) is 0 Å². The standard InChI is InChI=1S/C9H12ClNS.ClH/c10-9-4-3-8(12-9)7-2-1-5-11-6-7;/h3-4,7,11H,1-2,5-6H2;1H. The largest absolute Gasteiger partial charge is 0.316 e. The predicted octanol–water partition coefficient (Wildman–Crippen LogP) is 3.29. The zero-order valence-corrected chi connectivity index (χ0v) is 9.64. The van der Waals surface area contributed by atoms with Gasteiger partial charge in [-0.25, -0.2) is 0 Å². The minimum absolute atomic E-state index is 0. The van der Waals surface area contributed by atoms with Crippen molar-refractivity contribution in [2.75, 3.05) is 13.1 Å². The highest BCUT2D eigenvalue weighted by Gasteiger charge is 2.16. The van der Waals surface area contributed by atoms with Crippen molar-refractivity contribution in [3.63, 3.8) is 0 Å². The molecular formula is C9H13Cl2NS. The van der Waals surface area contributed by atoms with Gasteiger partial charge < -0.3 is 5.32 Å². The molecule has 0 amide bonds. The van der Waals surface area contributed by atoms with Crippen LogP contribution >= 0.6 is 35.3 Å². The Morgan fingerprint density at radius 1 is 1.46 bits per heavy atom. The Morgan fingerprint density at radius 2 is 2.31 bits per heavy atom. The summed E-state index contributed by atoms with van der Waals surface area (Å²) in [7, 11) is 0. The summed E-state index contributed by atoms with van der Waals surface area (Å²) < 4.78 is 0.913. The molecule has 1 aromatic heterocycles. The maximum atomic E-state index is 5.88. The van der Waals surface area contributed by atoms with Gasteiger partial charge in [-0.2, -0.15) is 0 Å². The highest BCUT2D eigenvalue weighted by Crippen LogP contribution is 2.31. The van der Waals surface area contributed by atoms with Crippen LogP contribution in [0.3, 0.4) is 0 Å². The van der Waals surface area contributed by atoms with E-state index in [0.29, 0.717) is 5.92 Å². The Hall–Kier alpha value is 0.240. The molecule has 2 rings (SSSR count). The first-order valence-electron chi connectivity index (χ1n) is 4.32. The molecule has 1 aliphatic rings. The third-order valence-electron chi connectivity index (χ3n) is 2.29. The van der Waals surface area contributed by atoms with E-state index >= 15 is 0 Å². The van der Waals surface area contributed by atoms with E-state index in [1.807, 2.05) is 6.07 Å². The topological polar surface area (TPSA) is 12.0 Å². The second-order valence-corrected chi connectivity index (χ2v) is 4.93. The number of thiophene rings is 1. The van der Waals surface area contributed by atoms with E-state index in [-0.39, 0.29) is 12.4 Å². The fraction of sp³-hybridized carbons (Fsp3) is 0.556. The monoisotopic (exact) mass is 237 g/mol. The second-order valence-electron chi connectivity index (χ2n) is 3.19. The first kappa shape index (κ1) is 11.3. The molecule has 4 heteroatoms. The van der Waals surface area contributed by atoms with Gasteiger partial charge in [-0.1, -0.05) is 11.6 Å². The molecule has 1 nitrogen and oxygen atoms in total. The summed E-state index contributed by atoms with van der Waals surface area (Å²) in [5.41, 5.74) is 0. The number of nitrogens with one attached hydrogen (secondary N) is 1. The van der Waals surface area contributed by atoms with Gasteiger partial charge in [0.05, 0.1) is 4.34 Å². The molecule has 1 fully saturated rings. The van der Waals surface area contributed by atoms with Gasteiger partial charge in [0.2, 0.25) is 0 Å². The van der Waals surface area contributed by atoms with Crippen LogP contribution in [0.1, 0.15) is 23.6 Å². The highest BCUT2D eigenvalue weighted by molar-refractivity contribution is 7.16. The van der Waals surface area contributed by atoms with Crippen molar-refractivity contribution in [2.45, 2.75) is 18.8 Å². The molecule has 1 unspecified atom stereocenters. The fourth-order valence-electron chi connectivity index (χ4n) is 1.64. The summed E-state index contributed by atoms with van der Waals surface area (Å²) in [6.07, 6.45) is 2.60. The van der Waals surface area contributed by atoms with Crippen molar-refractivity contribution >= 4 is 35.3 Å². The van der Waals surface area contributed by atoms with E-state index in [1.54, 1.807) is 11.3 Å². The molecule has 1 aromatic rings. The lowest BCUT2D eigenvalue weighted by molar-refractivity contribution is 0.466. The highest BCUT2D eigenvalue weighted by atomic mass is 35.5. The third-order valence-corrected chi connectivity index (χ3v) is 3.69. The summed E-state index contributed by atoms with van der Waals surface area (Å²) in [4.78, 5) is 1.44. The molecule has 1 N–H and O–H groups in total. The van der Waals surface area contributed by atoms with Gasteiger partial charge >= 0.3 is 0 Å². The summed E-state index contributed by atoms with van der Waals surface area (Å²) in [5.74, 6) is 0.705. The van der Waals surface area contributed by atoms with Crippen LogP contribution in [-0.4, -0.2) is 13.1 Å². The SMILES string of the molecule is Cl.Clc1ccc(C2CCCNC2)s1. The molecule has 0 saturated carbocycles. The molecule has 13 heavy (non-hydrogen) atoms. The van der Waals surface area contributed by atoms with Gasteiger partial charge in [0.1, 0.15) is 0 Å². The lowest BCUT2D eigenvalue weighted by Crippen LogP contribution is -2.27. The van der Waals surface area contributed by atoms with Gasteiger partial charge in [-0.3, -0.25) is 0 Å². The van der Waals surface area contributed by atoms with Crippen molar-refractivity contribution in [1.29, 1.82) is 0 Å². The minimum atomic E-state index is 0. The zero-order valence-electron chi connectivity index (χ0n) is 7.25. The van der Waals surface area contributed by atoms with Gasteiger partial charge in [-0.15, -0.1) is 23.7 Å². The summed E-state index contributed by atoms with van der Waals surface area (Å²) in [5, 5.41) is 3.41. The van der Waals surface area contributed by atoms with E-state index in [4.69, 9.17) is 11.6 Å². The molecule has 0 radical (unpaired) electrons. The van der Waals surface area contributed by atoms with Gasteiger partial charge in [0.25, 0.3) is 0 Å². The van der Waals surface area contributed by atoms with Crippen molar-refractivity contribution in [1.82, 2.24) is 5.32 Å². The average molecular weight is 238 g/mol. The van der Waals surface area contributed by atoms with Crippen LogP contribution in [-0.2, 0) is 0 Å². The molecule has 0 aromatic carbocycles. The van der Waals surface area contributed by atoms with Crippen LogP contribution in [0.25, 0.3) is 0 Å². The quantitative estimate of drug-likeness (QED) is 0.791. The first-order chi connectivity index (χ1) is 5.86. The van der Waals surface area contributed by atoms with E-state index in [0.717, 1.165) is 10.9 Å². The number of hydrogen-bond acceptors (Lipinski definition) is 2. The van der Waals surface area contributed by atoms with Crippen LogP contribution < -0.4 is 5.32 Å². The van der Waals surface area contributed by atoms with Crippen LogP contribution in [0.15, 0.2) is 12.1 Å². The van der Waals surface area contributed by atoms with Crippen molar-refractivity contribution < 1.29 is 0 Å². The first-order valence-corrected chi connectivity index (χ1v) is 5.51. The Kier molecular flexibility index (Phi) is 4.53. The molecule has 1 atom stereocenters. The fourth-order valence-corrected chi connectivity index (χ4v) is 2.84. The van der Waals surface area contributed by atoms with E-state index in [1.165, 1.54) is 24.3 Å². The Bertz CT molecular complexity index is 256. The summed E-state index contributed by atoms with van der Waals surface area (Å²) in [6, 6.07) is 4.15. The normalized spacial score (nSPS) is 22.4. The lowest BCUT2D eigenvalue weighted by Gasteiger charge is -2.21. The summed E-state index contributed by atoms with van der Waals surface area (Å²) >= 11 is 7.60. The van der Waals surface area contributed by atoms with E-state index < -0.39 is 0 Å². The Labute approximate surface area is 93.9 Å². The van der Waals surface area contributed by atoms with Crippen LogP contribution in [0.2, 0.25) is 4.34 Å². The lowest BCUT2D eigenvalue weighted by atomic mass is 9.98. The molecule has 1 saturated heterocycles. The third kappa shape index (κ3) is 2.84. The molecule has 2 heterocycles. The summed E-state index contributed by atoms with van der Waals surface area (Å²) in [6.45, 7) is 2.30. The molecule has 74 valence electrons. The average Bonchev–Trinajstić information content (AvgIpc) is 2.54. The number of hydrogen-bond donors (Lipinski definition) is 1. The zero-order chi connectivity index (χ0) is 8.39. The maximum absolute atomic E-state index is 5.88. The molecule has 0 spiro atoms. The Morgan fingerprint density at radius 3 is 2.85 bits per heavy atom. The number of halogens is 2. The second kappa shape index (κ2) is 5.20. The number of piperidine rings is 1. The van der Waals surface area contributed by atoms with Crippen LogP contribution in [0, 0.1) is 0 Å². The van der Waals surface area contributed by atoms with Crippen molar-refractivity contribution in [2.24, 2.45) is 0 Å². The molecular weight excluding hydrogens is 225 g/mol. The van der Waals surface area contributed by atoms with Crippen molar-refractivity contribution in [3.05, 3.63) is 21.3 Å². The number of rotatable bonds is 1. The van der Waals surface area contributed by atoms with Crippen LogP contribution in [0.4, 0.5) is 0 Å². The minimum Gasteiger partial charge on any atom is -0.316 e. The maximum Gasteiger partial charge on any atom is 0.0931 e.